The fourth-order valence-electron chi connectivity index (χ4n) is 3.11. The Balaban J connectivity index is 1.74. The van der Waals surface area contributed by atoms with Crippen LogP contribution in [0.3, 0.4) is 0 Å². The quantitative estimate of drug-likeness (QED) is 0.879. The van der Waals surface area contributed by atoms with Crippen LogP contribution in [0.5, 0.6) is 0 Å². The van der Waals surface area contributed by atoms with E-state index in [1.54, 1.807) is 0 Å². The number of hydrogen-bond donors (Lipinski definition) is 1. The van der Waals surface area contributed by atoms with Gasteiger partial charge < -0.3 is 10.6 Å². The van der Waals surface area contributed by atoms with Crippen molar-refractivity contribution < 1.29 is 4.79 Å². The highest BCUT2D eigenvalue weighted by Crippen LogP contribution is 2.35. The lowest BCUT2D eigenvalue weighted by Gasteiger charge is -2.25. The normalized spacial score (nSPS) is 16.5. The van der Waals surface area contributed by atoms with Crippen molar-refractivity contribution in [1.29, 1.82) is 0 Å². The van der Waals surface area contributed by atoms with E-state index >= 15 is 0 Å². The van der Waals surface area contributed by atoms with Gasteiger partial charge in [-0.1, -0.05) is 36.4 Å². The number of carbonyl (C=O) groups excluding carboxylic acids is 1. The van der Waals surface area contributed by atoms with Crippen LogP contribution in [-0.2, 0) is 17.6 Å². The highest BCUT2D eigenvalue weighted by Gasteiger charge is 2.28. The molecule has 0 saturated carbocycles. The van der Waals surface area contributed by atoms with Crippen molar-refractivity contribution in [3.8, 4) is 0 Å². The number of amides is 1. The molecule has 1 aliphatic rings. The zero-order valence-electron chi connectivity index (χ0n) is 12.3. The Morgan fingerprint density at radius 1 is 1.24 bits per heavy atom. The molecule has 3 nitrogen and oxygen atoms in total. The number of fused-ring (bicyclic) bond motifs is 1. The van der Waals surface area contributed by atoms with Crippen LogP contribution in [0.15, 0.2) is 48.5 Å². The number of nitrogen functional groups attached to an aromatic ring is 1. The second-order valence-electron chi connectivity index (χ2n) is 5.68. The first-order valence-corrected chi connectivity index (χ1v) is 7.33. The minimum Gasteiger partial charge on any atom is -0.399 e. The Hall–Kier alpha value is -2.29. The van der Waals surface area contributed by atoms with E-state index in [4.69, 9.17) is 5.73 Å². The number of benzene rings is 2. The van der Waals surface area contributed by atoms with Gasteiger partial charge >= 0.3 is 0 Å². The predicted octanol–water partition coefficient (Wildman–Crippen LogP) is 2.96. The van der Waals surface area contributed by atoms with Gasteiger partial charge in [0.05, 0.1) is 12.5 Å². The van der Waals surface area contributed by atoms with Gasteiger partial charge in [-0.25, -0.2) is 0 Å². The zero-order chi connectivity index (χ0) is 14.8. The number of rotatable bonds is 3. The molecule has 3 heteroatoms. The summed E-state index contributed by atoms with van der Waals surface area (Å²) < 4.78 is 0. The average molecular weight is 280 g/mol. The van der Waals surface area contributed by atoms with E-state index in [-0.39, 0.29) is 11.9 Å². The molecular weight excluding hydrogens is 260 g/mol. The lowest BCUT2D eigenvalue weighted by atomic mass is 10.1. The Labute approximate surface area is 125 Å². The van der Waals surface area contributed by atoms with Crippen LogP contribution in [0.4, 0.5) is 5.69 Å². The molecule has 0 heterocycles. The number of nitrogens with zero attached hydrogens (tertiary/aromatic N) is 1. The van der Waals surface area contributed by atoms with Gasteiger partial charge in [-0.3, -0.25) is 4.79 Å². The van der Waals surface area contributed by atoms with Gasteiger partial charge in [-0.2, -0.15) is 0 Å². The third-order valence-electron chi connectivity index (χ3n) is 4.27. The summed E-state index contributed by atoms with van der Waals surface area (Å²) in [6.07, 6.45) is 2.47. The zero-order valence-corrected chi connectivity index (χ0v) is 12.3. The van der Waals surface area contributed by atoms with Crippen molar-refractivity contribution in [2.75, 3.05) is 12.8 Å². The maximum Gasteiger partial charge on any atom is 0.227 e. The van der Waals surface area contributed by atoms with E-state index in [9.17, 15) is 4.79 Å². The number of anilines is 1. The average Bonchev–Trinajstić information content (AvgIpc) is 2.90. The number of likely N-dealkylation sites (N-methyl/N-ethyl adjacent to an activating group) is 1. The molecule has 1 amide bonds. The minimum absolute atomic E-state index is 0.141. The van der Waals surface area contributed by atoms with Crippen molar-refractivity contribution in [2.45, 2.75) is 25.3 Å². The largest absolute Gasteiger partial charge is 0.399 e. The summed E-state index contributed by atoms with van der Waals surface area (Å²) in [6, 6.07) is 16.2. The Morgan fingerprint density at radius 3 is 2.86 bits per heavy atom. The third-order valence-corrected chi connectivity index (χ3v) is 4.27. The fraction of sp³-hybridized carbons (Fsp3) is 0.278. The second-order valence-corrected chi connectivity index (χ2v) is 5.68. The minimum atomic E-state index is 0.141. The van der Waals surface area contributed by atoms with Crippen LogP contribution in [0.1, 0.15) is 29.2 Å². The second kappa shape index (κ2) is 5.60. The number of carbonyl (C=O) groups is 1. The van der Waals surface area contributed by atoms with Crippen LogP contribution in [0, 0.1) is 0 Å². The predicted molar refractivity (Wildman–Crippen MR) is 84.8 cm³/mol. The van der Waals surface area contributed by atoms with Crippen molar-refractivity contribution in [3.63, 3.8) is 0 Å². The molecule has 2 aromatic rings. The molecule has 1 aliphatic carbocycles. The van der Waals surface area contributed by atoms with E-state index in [0.29, 0.717) is 12.1 Å². The molecule has 2 N–H and O–H groups in total. The molecule has 0 aliphatic heterocycles. The molecule has 0 bridgehead atoms. The molecule has 0 spiro atoms. The monoisotopic (exact) mass is 280 g/mol. The van der Waals surface area contributed by atoms with E-state index in [0.717, 1.165) is 18.4 Å². The SMILES string of the molecule is CN(C(=O)Cc1cccc(N)c1)C1CCc2ccccc21. The van der Waals surface area contributed by atoms with Crippen molar-refractivity contribution in [3.05, 3.63) is 65.2 Å². The molecule has 0 radical (unpaired) electrons. The number of aryl methyl sites for hydroxylation is 1. The third kappa shape index (κ3) is 2.77. The van der Waals surface area contributed by atoms with Crippen LogP contribution in [-0.4, -0.2) is 17.9 Å². The maximum atomic E-state index is 12.5. The van der Waals surface area contributed by atoms with E-state index in [1.807, 2.05) is 42.3 Å². The van der Waals surface area contributed by atoms with Gasteiger partial charge in [0.25, 0.3) is 0 Å². The molecule has 108 valence electrons. The fourth-order valence-corrected chi connectivity index (χ4v) is 3.11. The Bertz CT molecular complexity index is 666. The number of hydrogen-bond acceptors (Lipinski definition) is 2. The van der Waals surface area contributed by atoms with Crippen molar-refractivity contribution in [2.24, 2.45) is 0 Å². The summed E-state index contributed by atoms with van der Waals surface area (Å²) in [7, 11) is 1.90. The first kappa shape index (κ1) is 13.7. The summed E-state index contributed by atoms with van der Waals surface area (Å²) >= 11 is 0. The molecule has 1 atom stereocenters. The van der Waals surface area contributed by atoms with Gasteiger partial charge in [0.1, 0.15) is 0 Å². The molecular formula is C18H20N2O. The molecule has 0 saturated heterocycles. The summed E-state index contributed by atoms with van der Waals surface area (Å²) in [6.45, 7) is 0. The van der Waals surface area contributed by atoms with Gasteiger partial charge in [0.15, 0.2) is 0 Å². The van der Waals surface area contributed by atoms with Crippen LogP contribution >= 0.6 is 0 Å². The topological polar surface area (TPSA) is 46.3 Å². The van der Waals surface area contributed by atoms with Crippen molar-refractivity contribution in [1.82, 2.24) is 4.90 Å². The standard InChI is InChI=1S/C18H20N2O/c1-20(17-10-9-14-6-2-3-8-16(14)17)18(21)12-13-5-4-7-15(19)11-13/h2-8,11,17H,9-10,12,19H2,1H3. The first-order valence-electron chi connectivity index (χ1n) is 7.33. The van der Waals surface area contributed by atoms with Gasteiger partial charge in [-0.05, 0) is 41.7 Å². The molecule has 0 fully saturated rings. The van der Waals surface area contributed by atoms with E-state index in [2.05, 4.69) is 18.2 Å². The van der Waals surface area contributed by atoms with Crippen LogP contribution in [0.2, 0.25) is 0 Å². The Kier molecular flexibility index (Phi) is 3.65. The first-order chi connectivity index (χ1) is 10.1. The van der Waals surface area contributed by atoms with Gasteiger partial charge in [-0.15, -0.1) is 0 Å². The van der Waals surface area contributed by atoms with E-state index in [1.165, 1.54) is 11.1 Å². The summed E-state index contributed by atoms with van der Waals surface area (Å²) in [4.78, 5) is 14.4. The lowest BCUT2D eigenvalue weighted by Crippen LogP contribution is -2.31. The lowest BCUT2D eigenvalue weighted by molar-refractivity contribution is -0.131. The maximum absolute atomic E-state index is 12.5. The summed E-state index contributed by atoms with van der Waals surface area (Å²) in [5.41, 5.74) is 10.1. The van der Waals surface area contributed by atoms with Crippen LogP contribution < -0.4 is 5.73 Å². The van der Waals surface area contributed by atoms with Crippen LogP contribution in [0.25, 0.3) is 0 Å². The molecule has 0 aromatic heterocycles. The smallest absolute Gasteiger partial charge is 0.227 e. The molecule has 2 aromatic carbocycles. The summed E-state index contributed by atoms with van der Waals surface area (Å²) in [5.74, 6) is 0.141. The van der Waals surface area contributed by atoms with Crippen molar-refractivity contribution >= 4 is 11.6 Å². The van der Waals surface area contributed by atoms with Gasteiger partial charge in [0, 0.05) is 12.7 Å². The molecule has 3 rings (SSSR count). The highest BCUT2D eigenvalue weighted by atomic mass is 16.2. The number of nitrogens with two attached hydrogens (primary N) is 1. The molecule has 21 heavy (non-hydrogen) atoms. The Morgan fingerprint density at radius 2 is 2.05 bits per heavy atom. The van der Waals surface area contributed by atoms with Gasteiger partial charge in [0.2, 0.25) is 5.91 Å². The highest BCUT2D eigenvalue weighted by molar-refractivity contribution is 5.79. The van der Waals surface area contributed by atoms with E-state index < -0.39 is 0 Å². The molecule has 1 unspecified atom stereocenters. The summed E-state index contributed by atoms with van der Waals surface area (Å²) in [5, 5.41) is 0.